The minimum Gasteiger partial charge on any atom is -0.312 e. The van der Waals surface area contributed by atoms with Crippen molar-refractivity contribution in [2.45, 2.75) is 32.6 Å². The molecule has 22 heavy (non-hydrogen) atoms. The van der Waals surface area contributed by atoms with E-state index < -0.39 is 10.2 Å². The van der Waals surface area contributed by atoms with E-state index in [-0.39, 0.29) is 11.8 Å². The van der Waals surface area contributed by atoms with Crippen LogP contribution >= 0.6 is 0 Å². The lowest BCUT2D eigenvalue weighted by Gasteiger charge is -2.18. The Hall–Kier alpha value is -1.60. The van der Waals surface area contributed by atoms with Gasteiger partial charge < -0.3 is 4.90 Å². The molecule has 1 aliphatic carbocycles. The highest BCUT2D eigenvalue weighted by molar-refractivity contribution is 7.90. The third-order valence-electron chi connectivity index (χ3n) is 3.97. The summed E-state index contributed by atoms with van der Waals surface area (Å²) < 4.78 is 28.8. The second kappa shape index (κ2) is 5.89. The van der Waals surface area contributed by atoms with E-state index in [1.54, 1.807) is 17.0 Å². The summed E-state index contributed by atoms with van der Waals surface area (Å²) in [4.78, 5) is 14.1. The molecule has 0 spiro atoms. The summed E-state index contributed by atoms with van der Waals surface area (Å²) in [6.07, 6.45) is 3.50. The summed E-state index contributed by atoms with van der Waals surface area (Å²) in [6.45, 7) is 2.99. The third kappa shape index (κ3) is 3.25. The molecule has 0 unspecified atom stereocenters. The Kier molecular flexibility index (Phi) is 4.10. The lowest BCUT2D eigenvalue weighted by molar-refractivity contribution is -0.119. The molecule has 1 fully saturated rings. The fraction of sp³-hybridized carbons (Fsp3) is 0.533. The molecular formula is C15H21N3O3S. The van der Waals surface area contributed by atoms with Crippen molar-refractivity contribution < 1.29 is 13.2 Å². The van der Waals surface area contributed by atoms with Crippen LogP contribution in [0.3, 0.4) is 0 Å². The highest BCUT2D eigenvalue weighted by atomic mass is 32.2. The van der Waals surface area contributed by atoms with Crippen LogP contribution in [0.4, 0.5) is 11.4 Å². The molecule has 7 heteroatoms. The van der Waals surface area contributed by atoms with Gasteiger partial charge in [-0.2, -0.15) is 13.1 Å². The van der Waals surface area contributed by atoms with Crippen molar-refractivity contribution in [2.24, 2.45) is 5.92 Å². The number of amides is 1. The number of hydrogen-bond donors (Lipinski definition) is 2. The number of carbonyl (C=O) groups excluding carboxylic acids is 1. The van der Waals surface area contributed by atoms with Crippen LogP contribution in [0.5, 0.6) is 0 Å². The zero-order chi connectivity index (χ0) is 15.7. The molecule has 1 aliphatic heterocycles. The Morgan fingerprint density at radius 1 is 1.36 bits per heavy atom. The number of carbonyl (C=O) groups is 1. The van der Waals surface area contributed by atoms with E-state index in [9.17, 15) is 13.2 Å². The molecule has 6 nitrogen and oxygen atoms in total. The molecule has 0 bridgehead atoms. The maximum Gasteiger partial charge on any atom is 0.299 e. The van der Waals surface area contributed by atoms with E-state index in [1.165, 1.54) is 0 Å². The van der Waals surface area contributed by atoms with Gasteiger partial charge in [0.05, 0.1) is 5.69 Å². The molecular weight excluding hydrogens is 302 g/mol. The number of anilines is 2. The summed E-state index contributed by atoms with van der Waals surface area (Å²) in [5, 5.41) is 0. The number of nitrogens with one attached hydrogen (secondary N) is 2. The Morgan fingerprint density at radius 2 is 2.14 bits per heavy atom. The first-order chi connectivity index (χ1) is 10.5. The topological polar surface area (TPSA) is 78.5 Å². The Balaban J connectivity index is 1.78. The van der Waals surface area contributed by atoms with E-state index >= 15 is 0 Å². The normalized spacial score (nSPS) is 17.4. The van der Waals surface area contributed by atoms with Gasteiger partial charge in [0.1, 0.15) is 0 Å². The van der Waals surface area contributed by atoms with Crippen LogP contribution in [0.15, 0.2) is 18.2 Å². The smallest absolute Gasteiger partial charge is 0.299 e. The van der Waals surface area contributed by atoms with Crippen LogP contribution in [-0.2, 0) is 21.4 Å². The average Bonchev–Trinajstić information content (AvgIpc) is 3.24. The quantitative estimate of drug-likeness (QED) is 0.835. The average molecular weight is 323 g/mol. The van der Waals surface area contributed by atoms with Gasteiger partial charge in [-0.05, 0) is 43.4 Å². The molecule has 0 aromatic heterocycles. The van der Waals surface area contributed by atoms with Crippen molar-refractivity contribution in [3.63, 3.8) is 0 Å². The summed E-state index contributed by atoms with van der Waals surface area (Å²) in [7, 11) is -3.56. The first-order valence-electron chi connectivity index (χ1n) is 7.72. The van der Waals surface area contributed by atoms with Gasteiger partial charge in [-0.25, -0.2) is 0 Å². The lowest BCUT2D eigenvalue weighted by Crippen LogP contribution is -2.31. The molecule has 1 aromatic carbocycles. The zero-order valence-corrected chi connectivity index (χ0v) is 13.4. The van der Waals surface area contributed by atoms with E-state index in [1.807, 2.05) is 13.0 Å². The molecule has 0 atom stereocenters. The maximum absolute atomic E-state index is 12.3. The van der Waals surface area contributed by atoms with Gasteiger partial charge in [0.15, 0.2) is 0 Å². The molecule has 1 heterocycles. The van der Waals surface area contributed by atoms with Gasteiger partial charge in [0.25, 0.3) is 10.2 Å². The number of fused-ring (bicyclic) bond motifs is 1. The third-order valence-corrected chi connectivity index (χ3v) is 5.06. The SMILES string of the molecule is CCCNS(=O)(=O)Nc1ccc2c(c1)N(C(=O)C1CC1)CC2. The van der Waals surface area contributed by atoms with Crippen LogP contribution in [0.25, 0.3) is 0 Å². The standard InChI is InChI=1S/C15H21N3O3S/c1-2-8-16-22(20,21)17-13-6-5-11-7-9-18(14(11)10-13)15(19)12-3-4-12/h5-6,10,12,16-17H,2-4,7-9H2,1H3. The van der Waals surface area contributed by atoms with Crippen LogP contribution < -0.4 is 14.3 Å². The van der Waals surface area contributed by atoms with Crippen LogP contribution in [0.2, 0.25) is 0 Å². The minimum atomic E-state index is -3.56. The van der Waals surface area contributed by atoms with E-state index in [0.29, 0.717) is 18.8 Å². The molecule has 1 saturated carbocycles. The van der Waals surface area contributed by atoms with Gasteiger partial charge >= 0.3 is 0 Å². The predicted molar refractivity (Wildman–Crippen MR) is 86.1 cm³/mol. The molecule has 0 saturated heterocycles. The first kappa shape index (κ1) is 15.3. The van der Waals surface area contributed by atoms with E-state index in [2.05, 4.69) is 9.44 Å². The van der Waals surface area contributed by atoms with Gasteiger partial charge in [-0.3, -0.25) is 9.52 Å². The van der Waals surface area contributed by atoms with Crippen molar-refractivity contribution in [1.82, 2.24) is 4.72 Å². The molecule has 3 rings (SSSR count). The Labute approximate surface area is 131 Å². The molecule has 1 aromatic rings. The van der Waals surface area contributed by atoms with Gasteiger partial charge in [0, 0.05) is 24.7 Å². The number of rotatable bonds is 6. The first-order valence-corrected chi connectivity index (χ1v) is 9.20. The minimum absolute atomic E-state index is 0.164. The summed E-state index contributed by atoms with van der Waals surface area (Å²) in [6, 6.07) is 5.40. The molecule has 2 N–H and O–H groups in total. The molecule has 1 amide bonds. The van der Waals surface area contributed by atoms with Gasteiger partial charge in [-0.15, -0.1) is 0 Å². The van der Waals surface area contributed by atoms with E-state index in [4.69, 9.17) is 0 Å². The highest BCUT2D eigenvalue weighted by Gasteiger charge is 2.36. The highest BCUT2D eigenvalue weighted by Crippen LogP contribution is 2.37. The second-order valence-corrected chi connectivity index (χ2v) is 7.36. The summed E-state index contributed by atoms with van der Waals surface area (Å²) >= 11 is 0. The molecule has 2 aliphatic rings. The van der Waals surface area contributed by atoms with Gasteiger partial charge in [-0.1, -0.05) is 13.0 Å². The van der Waals surface area contributed by atoms with Crippen molar-refractivity contribution in [3.05, 3.63) is 23.8 Å². The fourth-order valence-corrected chi connectivity index (χ4v) is 3.63. The van der Waals surface area contributed by atoms with Crippen LogP contribution in [0.1, 0.15) is 31.7 Å². The summed E-state index contributed by atoms with van der Waals surface area (Å²) in [5.74, 6) is 0.334. The number of benzene rings is 1. The largest absolute Gasteiger partial charge is 0.312 e. The maximum atomic E-state index is 12.3. The fourth-order valence-electron chi connectivity index (χ4n) is 2.65. The molecule has 0 radical (unpaired) electrons. The number of hydrogen-bond acceptors (Lipinski definition) is 3. The zero-order valence-electron chi connectivity index (χ0n) is 12.6. The van der Waals surface area contributed by atoms with Crippen molar-refractivity contribution >= 4 is 27.5 Å². The Bertz CT molecular complexity index is 683. The monoisotopic (exact) mass is 323 g/mol. The second-order valence-electron chi connectivity index (χ2n) is 5.86. The van der Waals surface area contributed by atoms with Crippen molar-refractivity contribution in [3.8, 4) is 0 Å². The number of nitrogens with zero attached hydrogens (tertiary/aromatic N) is 1. The lowest BCUT2D eigenvalue weighted by atomic mass is 10.1. The van der Waals surface area contributed by atoms with Crippen LogP contribution in [-0.4, -0.2) is 27.4 Å². The molecule has 120 valence electrons. The van der Waals surface area contributed by atoms with Gasteiger partial charge in [0.2, 0.25) is 5.91 Å². The Morgan fingerprint density at radius 3 is 2.82 bits per heavy atom. The van der Waals surface area contributed by atoms with Crippen molar-refractivity contribution in [1.29, 1.82) is 0 Å². The predicted octanol–water partition coefficient (Wildman–Crippen LogP) is 1.64. The van der Waals surface area contributed by atoms with Crippen LogP contribution in [0, 0.1) is 5.92 Å². The van der Waals surface area contributed by atoms with E-state index in [0.717, 1.165) is 36.9 Å². The van der Waals surface area contributed by atoms with Crippen molar-refractivity contribution in [2.75, 3.05) is 22.7 Å². The summed E-state index contributed by atoms with van der Waals surface area (Å²) in [5.41, 5.74) is 2.42.